The minimum absolute atomic E-state index is 0.619. The largest absolute Gasteiger partial charge is 0.364 e. The molecule has 0 N–H and O–H groups in total. The van der Waals surface area contributed by atoms with Gasteiger partial charge in [-0.25, -0.2) is 4.98 Å². The molecule has 0 saturated carbocycles. The van der Waals surface area contributed by atoms with E-state index in [1.165, 1.54) is 0 Å². The molecule has 3 rings (SSSR count). The summed E-state index contributed by atoms with van der Waals surface area (Å²) in [6.45, 7) is 4.22. The third-order valence-electron chi connectivity index (χ3n) is 3.03. The fourth-order valence-electron chi connectivity index (χ4n) is 2.06. The van der Waals surface area contributed by atoms with Gasteiger partial charge in [-0.05, 0) is 23.8 Å². The van der Waals surface area contributed by atoms with Gasteiger partial charge in [0.2, 0.25) is 0 Å². The predicted octanol–water partition coefficient (Wildman–Crippen LogP) is 3.12. The van der Waals surface area contributed by atoms with Gasteiger partial charge in [-0.3, -0.25) is 0 Å². The maximum atomic E-state index is 5.13. The van der Waals surface area contributed by atoms with Crippen LogP contribution in [0.15, 0.2) is 66.4 Å². The van der Waals surface area contributed by atoms with Gasteiger partial charge in [-0.1, -0.05) is 35.7 Å². The van der Waals surface area contributed by atoms with Crippen LogP contribution in [0.5, 0.6) is 0 Å². The molecule has 2 aromatic heterocycles. The number of benzene rings is 1. The van der Waals surface area contributed by atoms with Crippen LogP contribution in [0.1, 0.15) is 11.3 Å². The van der Waals surface area contributed by atoms with Gasteiger partial charge in [0.15, 0.2) is 0 Å². The summed E-state index contributed by atoms with van der Waals surface area (Å²) >= 11 is 0. The number of aromatic nitrogens is 3. The first kappa shape index (κ1) is 12.9. The SMILES string of the molecule is C=CC#Cc1cccc(-c2conc2Cn2ccnc2)c1. The van der Waals surface area contributed by atoms with Gasteiger partial charge in [0.1, 0.15) is 12.0 Å². The second-order valence-electron chi connectivity index (χ2n) is 4.46. The molecule has 0 unspecified atom stereocenters. The van der Waals surface area contributed by atoms with Crippen LogP contribution in [0.3, 0.4) is 0 Å². The first-order valence-electron chi connectivity index (χ1n) is 6.48. The molecule has 0 saturated heterocycles. The Balaban J connectivity index is 1.94. The van der Waals surface area contributed by atoms with E-state index in [1.54, 1.807) is 24.9 Å². The smallest absolute Gasteiger partial charge is 0.132 e. The monoisotopic (exact) mass is 275 g/mol. The number of imidazole rings is 1. The second kappa shape index (κ2) is 5.93. The Morgan fingerprint density at radius 2 is 2.33 bits per heavy atom. The van der Waals surface area contributed by atoms with Gasteiger partial charge >= 0.3 is 0 Å². The minimum atomic E-state index is 0.619. The Kier molecular flexibility index (Phi) is 3.66. The first-order chi connectivity index (χ1) is 10.4. The van der Waals surface area contributed by atoms with Gasteiger partial charge in [-0.15, -0.1) is 0 Å². The summed E-state index contributed by atoms with van der Waals surface area (Å²) in [5.41, 5.74) is 3.79. The zero-order valence-electron chi connectivity index (χ0n) is 11.4. The van der Waals surface area contributed by atoms with E-state index < -0.39 is 0 Å². The summed E-state index contributed by atoms with van der Waals surface area (Å²) in [6, 6.07) is 7.96. The molecule has 0 radical (unpaired) electrons. The summed E-state index contributed by atoms with van der Waals surface area (Å²) in [7, 11) is 0. The van der Waals surface area contributed by atoms with E-state index in [0.717, 1.165) is 22.4 Å². The number of allylic oxidation sites excluding steroid dienone is 1. The van der Waals surface area contributed by atoms with Gasteiger partial charge in [-0.2, -0.15) is 0 Å². The molecule has 0 spiro atoms. The summed E-state index contributed by atoms with van der Waals surface area (Å²) in [6.07, 6.45) is 8.63. The van der Waals surface area contributed by atoms with Crippen molar-refractivity contribution in [1.29, 1.82) is 0 Å². The number of hydrogen-bond acceptors (Lipinski definition) is 3. The van der Waals surface area contributed by atoms with E-state index >= 15 is 0 Å². The van der Waals surface area contributed by atoms with Crippen molar-refractivity contribution in [2.45, 2.75) is 6.54 Å². The van der Waals surface area contributed by atoms with E-state index in [0.29, 0.717) is 6.54 Å². The molecule has 0 aliphatic heterocycles. The molecule has 0 amide bonds. The molecule has 0 bridgehead atoms. The van der Waals surface area contributed by atoms with Gasteiger partial charge < -0.3 is 9.09 Å². The third kappa shape index (κ3) is 2.93. The highest BCUT2D eigenvalue weighted by atomic mass is 16.5. The Morgan fingerprint density at radius 3 is 3.14 bits per heavy atom. The predicted molar refractivity (Wildman–Crippen MR) is 80.3 cm³/mol. The van der Waals surface area contributed by atoms with Gasteiger partial charge in [0.05, 0.1) is 12.9 Å². The Hall–Kier alpha value is -3.06. The normalized spacial score (nSPS) is 9.90. The summed E-state index contributed by atoms with van der Waals surface area (Å²) in [5, 5.41) is 4.08. The lowest BCUT2D eigenvalue weighted by atomic mass is 10.0. The standard InChI is InChI=1S/C17H13N3O/c1-2-3-5-14-6-4-7-15(10-14)16-12-21-19-17(16)11-20-9-8-18-13-20/h2,4,6-10,12-13H,1,11H2. The van der Waals surface area contributed by atoms with Gasteiger partial charge in [0, 0.05) is 23.5 Å². The summed E-state index contributed by atoms with van der Waals surface area (Å²) in [4.78, 5) is 4.03. The Bertz CT molecular complexity index is 804. The van der Waals surface area contributed by atoms with E-state index in [-0.39, 0.29) is 0 Å². The molecule has 4 heteroatoms. The van der Waals surface area contributed by atoms with E-state index in [4.69, 9.17) is 4.52 Å². The van der Waals surface area contributed by atoms with Crippen LogP contribution in [-0.2, 0) is 6.54 Å². The Morgan fingerprint density at radius 1 is 1.38 bits per heavy atom. The van der Waals surface area contributed by atoms with E-state index in [1.807, 2.05) is 35.0 Å². The van der Waals surface area contributed by atoms with Crippen LogP contribution >= 0.6 is 0 Å². The van der Waals surface area contributed by atoms with Crippen LogP contribution in [0.25, 0.3) is 11.1 Å². The molecule has 21 heavy (non-hydrogen) atoms. The van der Waals surface area contributed by atoms with Crippen molar-refractivity contribution in [3.63, 3.8) is 0 Å². The molecule has 102 valence electrons. The van der Waals surface area contributed by atoms with Crippen molar-refractivity contribution < 1.29 is 4.52 Å². The van der Waals surface area contributed by atoms with Crippen LogP contribution in [-0.4, -0.2) is 14.7 Å². The lowest BCUT2D eigenvalue weighted by Crippen LogP contribution is -1.98. The number of hydrogen-bond donors (Lipinski definition) is 0. The van der Waals surface area contributed by atoms with Crippen molar-refractivity contribution in [1.82, 2.24) is 14.7 Å². The van der Waals surface area contributed by atoms with Crippen LogP contribution < -0.4 is 0 Å². The molecule has 2 heterocycles. The molecule has 0 fully saturated rings. The molecule has 4 nitrogen and oxygen atoms in total. The Labute approximate surface area is 122 Å². The lowest BCUT2D eigenvalue weighted by Gasteiger charge is -2.03. The molecular formula is C17H13N3O. The van der Waals surface area contributed by atoms with E-state index in [2.05, 4.69) is 28.6 Å². The second-order valence-corrected chi connectivity index (χ2v) is 4.46. The molecule has 3 aromatic rings. The zero-order chi connectivity index (χ0) is 14.5. The van der Waals surface area contributed by atoms with Crippen LogP contribution in [0.2, 0.25) is 0 Å². The maximum Gasteiger partial charge on any atom is 0.132 e. The maximum absolute atomic E-state index is 5.13. The van der Waals surface area contributed by atoms with Crippen molar-refractivity contribution in [2.75, 3.05) is 0 Å². The highest BCUT2D eigenvalue weighted by molar-refractivity contribution is 5.66. The lowest BCUT2D eigenvalue weighted by molar-refractivity contribution is 0.410. The van der Waals surface area contributed by atoms with Crippen molar-refractivity contribution >= 4 is 0 Å². The highest BCUT2D eigenvalue weighted by Crippen LogP contribution is 2.24. The topological polar surface area (TPSA) is 43.9 Å². The first-order valence-corrected chi connectivity index (χ1v) is 6.48. The fraction of sp³-hybridized carbons (Fsp3) is 0.0588. The highest BCUT2D eigenvalue weighted by Gasteiger charge is 2.10. The van der Waals surface area contributed by atoms with Crippen molar-refractivity contribution in [3.05, 3.63) is 73.2 Å². The third-order valence-corrected chi connectivity index (χ3v) is 3.03. The van der Waals surface area contributed by atoms with Crippen molar-refractivity contribution in [3.8, 4) is 23.0 Å². The number of rotatable bonds is 3. The minimum Gasteiger partial charge on any atom is -0.364 e. The quantitative estimate of drug-likeness (QED) is 0.690. The van der Waals surface area contributed by atoms with E-state index in [9.17, 15) is 0 Å². The van der Waals surface area contributed by atoms with Gasteiger partial charge in [0.25, 0.3) is 0 Å². The molecule has 0 aliphatic carbocycles. The summed E-state index contributed by atoms with van der Waals surface area (Å²) < 4.78 is 7.08. The molecule has 1 aromatic carbocycles. The zero-order valence-corrected chi connectivity index (χ0v) is 11.4. The average Bonchev–Trinajstić information content (AvgIpc) is 3.18. The van der Waals surface area contributed by atoms with Crippen LogP contribution in [0, 0.1) is 11.8 Å². The van der Waals surface area contributed by atoms with Crippen molar-refractivity contribution in [2.24, 2.45) is 0 Å². The molecular weight excluding hydrogens is 262 g/mol. The number of nitrogens with zero attached hydrogens (tertiary/aromatic N) is 3. The molecule has 0 aliphatic rings. The molecule has 0 atom stereocenters. The average molecular weight is 275 g/mol. The van der Waals surface area contributed by atoms with Crippen LogP contribution in [0.4, 0.5) is 0 Å². The summed E-state index contributed by atoms with van der Waals surface area (Å²) in [5.74, 6) is 5.88. The fourth-order valence-corrected chi connectivity index (χ4v) is 2.06.